The maximum absolute atomic E-state index is 5.90. The third kappa shape index (κ3) is 3.00. The van der Waals surface area contributed by atoms with Gasteiger partial charge < -0.3 is 15.4 Å². The molecule has 0 amide bonds. The summed E-state index contributed by atoms with van der Waals surface area (Å²) in [5, 5.41) is 0.451. The van der Waals surface area contributed by atoms with Crippen molar-refractivity contribution in [1.29, 1.82) is 0 Å². The lowest BCUT2D eigenvalue weighted by atomic mass is 10.2. The van der Waals surface area contributed by atoms with Crippen LogP contribution in [-0.2, 0) is 4.74 Å². The molecule has 4 nitrogen and oxygen atoms in total. The molecule has 16 heavy (non-hydrogen) atoms. The first-order valence-corrected chi connectivity index (χ1v) is 5.65. The van der Waals surface area contributed by atoms with E-state index in [1.165, 1.54) is 0 Å². The van der Waals surface area contributed by atoms with Crippen LogP contribution in [0.3, 0.4) is 0 Å². The van der Waals surface area contributed by atoms with Gasteiger partial charge in [-0.15, -0.1) is 0 Å². The maximum atomic E-state index is 5.90. The van der Waals surface area contributed by atoms with E-state index in [1.54, 1.807) is 19.2 Å². The summed E-state index contributed by atoms with van der Waals surface area (Å²) < 4.78 is 5.13. The summed E-state index contributed by atoms with van der Waals surface area (Å²) in [4.78, 5) is 6.33. The number of rotatable bonds is 5. The van der Waals surface area contributed by atoms with Crippen molar-refractivity contribution in [3.8, 4) is 0 Å². The Balaban J connectivity index is 2.98. The molecule has 0 bridgehead atoms. The Morgan fingerprint density at radius 2 is 2.25 bits per heavy atom. The number of nitrogens with two attached hydrogens (primary N) is 1. The summed E-state index contributed by atoms with van der Waals surface area (Å²) in [5.41, 5.74) is 6.53. The van der Waals surface area contributed by atoms with Gasteiger partial charge in [-0.3, -0.25) is 0 Å². The summed E-state index contributed by atoms with van der Waals surface area (Å²) >= 11 is 5.88. The number of hydrogen-bond donors (Lipinski definition) is 1. The molecule has 0 aliphatic carbocycles. The first-order valence-electron chi connectivity index (χ1n) is 5.27. The number of nitrogens with zero attached hydrogens (tertiary/aromatic N) is 2. The van der Waals surface area contributed by atoms with Crippen molar-refractivity contribution in [2.75, 3.05) is 30.9 Å². The minimum Gasteiger partial charge on any atom is -0.396 e. The van der Waals surface area contributed by atoms with Crippen molar-refractivity contribution >= 4 is 23.1 Å². The van der Waals surface area contributed by atoms with Gasteiger partial charge in [0.05, 0.1) is 18.3 Å². The van der Waals surface area contributed by atoms with Crippen molar-refractivity contribution in [2.45, 2.75) is 19.9 Å². The molecule has 0 aliphatic rings. The van der Waals surface area contributed by atoms with Crippen LogP contribution in [0.15, 0.2) is 12.1 Å². The molecule has 1 aromatic rings. The lowest BCUT2D eigenvalue weighted by Gasteiger charge is -2.29. The predicted molar refractivity (Wildman–Crippen MR) is 68.0 cm³/mol. The van der Waals surface area contributed by atoms with Gasteiger partial charge in [0.15, 0.2) is 5.82 Å². The number of hydrogen-bond acceptors (Lipinski definition) is 4. The van der Waals surface area contributed by atoms with E-state index in [0.717, 1.165) is 12.4 Å². The van der Waals surface area contributed by atoms with Crippen molar-refractivity contribution in [1.82, 2.24) is 4.98 Å². The van der Waals surface area contributed by atoms with Crippen LogP contribution in [0, 0.1) is 0 Å². The Hall–Kier alpha value is -1.00. The second-order valence-electron chi connectivity index (χ2n) is 3.64. The number of methoxy groups -OCH3 is 1. The molecule has 1 heterocycles. The number of anilines is 2. The monoisotopic (exact) mass is 243 g/mol. The number of likely N-dealkylation sites (N-methyl/N-ethyl adjacent to an activating group) is 1. The van der Waals surface area contributed by atoms with E-state index in [0.29, 0.717) is 17.4 Å². The minimum absolute atomic E-state index is 0.211. The lowest BCUT2D eigenvalue weighted by molar-refractivity contribution is 0.181. The van der Waals surface area contributed by atoms with Gasteiger partial charge >= 0.3 is 0 Å². The average Bonchev–Trinajstić information content (AvgIpc) is 2.24. The number of pyridine rings is 1. The molecule has 5 heteroatoms. The molecular formula is C11H18ClN3O. The SMILES string of the molecule is CCN(c1nc(Cl)ccc1N)C(C)COC. The molecular weight excluding hydrogens is 226 g/mol. The zero-order valence-electron chi connectivity index (χ0n) is 9.90. The van der Waals surface area contributed by atoms with Crippen LogP contribution in [0.5, 0.6) is 0 Å². The fraction of sp³-hybridized carbons (Fsp3) is 0.545. The molecule has 1 rings (SSSR count). The van der Waals surface area contributed by atoms with E-state index in [9.17, 15) is 0 Å². The quantitative estimate of drug-likeness (QED) is 0.806. The number of halogens is 1. The van der Waals surface area contributed by atoms with Gasteiger partial charge in [0.2, 0.25) is 0 Å². The summed E-state index contributed by atoms with van der Waals surface area (Å²) in [6.45, 7) is 5.55. The molecule has 1 unspecified atom stereocenters. The van der Waals surface area contributed by atoms with Gasteiger partial charge in [-0.05, 0) is 26.0 Å². The molecule has 0 radical (unpaired) electrons. The zero-order chi connectivity index (χ0) is 12.1. The molecule has 1 aromatic heterocycles. The van der Waals surface area contributed by atoms with Crippen LogP contribution in [0.2, 0.25) is 5.15 Å². The number of ether oxygens (including phenoxy) is 1. The Labute approximate surface area is 101 Å². The van der Waals surface area contributed by atoms with E-state index < -0.39 is 0 Å². The minimum atomic E-state index is 0.211. The van der Waals surface area contributed by atoms with Crippen molar-refractivity contribution < 1.29 is 4.74 Å². The first kappa shape index (κ1) is 13.1. The molecule has 0 aliphatic heterocycles. The van der Waals surface area contributed by atoms with E-state index in [2.05, 4.69) is 16.8 Å². The predicted octanol–water partition coefficient (Wildman–Crippen LogP) is 2.18. The van der Waals surface area contributed by atoms with Crippen LogP contribution < -0.4 is 10.6 Å². The molecule has 90 valence electrons. The summed E-state index contributed by atoms with van der Waals surface area (Å²) in [5.74, 6) is 0.722. The molecule has 2 N–H and O–H groups in total. The lowest BCUT2D eigenvalue weighted by Crippen LogP contribution is -2.37. The Kier molecular flexibility index (Phi) is 4.83. The second kappa shape index (κ2) is 5.92. The van der Waals surface area contributed by atoms with Crippen LogP contribution in [0.1, 0.15) is 13.8 Å². The summed E-state index contributed by atoms with van der Waals surface area (Å²) in [6, 6.07) is 3.67. The number of aromatic nitrogens is 1. The normalized spacial score (nSPS) is 12.5. The molecule has 0 aromatic carbocycles. The van der Waals surface area contributed by atoms with E-state index >= 15 is 0 Å². The third-order valence-corrected chi connectivity index (χ3v) is 2.63. The fourth-order valence-electron chi connectivity index (χ4n) is 1.67. The summed E-state index contributed by atoms with van der Waals surface area (Å²) in [7, 11) is 1.68. The Morgan fingerprint density at radius 3 is 2.81 bits per heavy atom. The van der Waals surface area contributed by atoms with Gasteiger partial charge in [-0.1, -0.05) is 11.6 Å². The average molecular weight is 244 g/mol. The zero-order valence-corrected chi connectivity index (χ0v) is 10.7. The Bertz CT molecular complexity index is 346. The highest BCUT2D eigenvalue weighted by molar-refractivity contribution is 6.29. The molecule has 0 saturated carbocycles. The van der Waals surface area contributed by atoms with Gasteiger partial charge in [0.1, 0.15) is 5.15 Å². The van der Waals surface area contributed by atoms with E-state index in [4.69, 9.17) is 22.1 Å². The van der Waals surface area contributed by atoms with Crippen molar-refractivity contribution in [3.63, 3.8) is 0 Å². The highest BCUT2D eigenvalue weighted by atomic mass is 35.5. The molecule has 0 fully saturated rings. The molecule has 0 saturated heterocycles. The van der Waals surface area contributed by atoms with E-state index in [1.807, 2.05) is 6.92 Å². The highest BCUT2D eigenvalue weighted by Gasteiger charge is 2.16. The van der Waals surface area contributed by atoms with Crippen molar-refractivity contribution in [3.05, 3.63) is 17.3 Å². The van der Waals surface area contributed by atoms with Gasteiger partial charge in [-0.2, -0.15) is 0 Å². The molecule has 0 spiro atoms. The van der Waals surface area contributed by atoms with Crippen LogP contribution in [0.4, 0.5) is 11.5 Å². The Morgan fingerprint density at radius 1 is 1.56 bits per heavy atom. The standard InChI is InChI=1S/C11H18ClN3O/c1-4-15(8(2)7-16-3)11-9(13)5-6-10(12)14-11/h5-6,8H,4,7,13H2,1-3H3. The maximum Gasteiger partial charge on any atom is 0.153 e. The van der Waals surface area contributed by atoms with Crippen molar-refractivity contribution in [2.24, 2.45) is 0 Å². The van der Waals surface area contributed by atoms with Crippen LogP contribution >= 0.6 is 11.6 Å². The topological polar surface area (TPSA) is 51.4 Å². The first-order chi connectivity index (χ1) is 7.60. The van der Waals surface area contributed by atoms with Gasteiger partial charge in [0, 0.05) is 13.7 Å². The second-order valence-corrected chi connectivity index (χ2v) is 4.02. The van der Waals surface area contributed by atoms with Crippen LogP contribution in [0.25, 0.3) is 0 Å². The van der Waals surface area contributed by atoms with Crippen LogP contribution in [-0.4, -0.2) is 31.3 Å². The smallest absolute Gasteiger partial charge is 0.153 e. The molecule has 1 atom stereocenters. The summed E-state index contributed by atoms with van der Waals surface area (Å²) in [6.07, 6.45) is 0. The highest BCUT2D eigenvalue weighted by Crippen LogP contribution is 2.24. The largest absolute Gasteiger partial charge is 0.396 e. The van der Waals surface area contributed by atoms with E-state index in [-0.39, 0.29) is 6.04 Å². The van der Waals surface area contributed by atoms with Gasteiger partial charge in [0.25, 0.3) is 0 Å². The van der Waals surface area contributed by atoms with Gasteiger partial charge in [-0.25, -0.2) is 4.98 Å². The third-order valence-electron chi connectivity index (χ3n) is 2.42. The fourth-order valence-corrected chi connectivity index (χ4v) is 1.81. The number of nitrogen functional groups attached to an aromatic ring is 1.